The molecule has 0 aliphatic carbocycles. The normalized spacial score (nSPS) is 11.4. The van der Waals surface area contributed by atoms with Crippen molar-refractivity contribution in [2.45, 2.75) is 26.7 Å². The van der Waals surface area contributed by atoms with Crippen molar-refractivity contribution in [2.75, 3.05) is 7.11 Å². The van der Waals surface area contributed by atoms with Crippen LogP contribution in [0.5, 0.6) is 0 Å². The summed E-state index contributed by atoms with van der Waals surface area (Å²) < 4.78 is 9.33. The van der Waals surface area contributed by atoms with Gasteiger partial charge in [-0.1, -0.05) is 26.0 Å². The van der Waals surface area contributed by atoms with Crippen molar-refractivity contribution in [2.24, 2.45) is 0 Å². The SMILES string of the molecule is C=C(C)C(=O)OC=C(C=CCCC)C(=O)OC. The van der Waals surface area contributed by atoms with Gasteiger partial charge in [0.05, 0.1) is 12.7 Å². The Morgan fingerprint density at radius 1 is 1.29 bits per heavy atom. The molecule has 4 heteroatoms. The summed E-state index contributed by atoms with van der Waals surface area (Å²) in [7, 11) is 1.27. The Balaban J connectivity index is 4.68. The molecule has 0 bridgehead atoms. The van der Waals surface area contributed by atoms with E-state index in [0.717, 1.165) is 19.1 Å². The summed E-state index contributed by atoms with van der Waals surface area (Å²) in [6.07, 6.45) is 6.27. The maximum atomic E-state index is 11.3. The molecule has 0 aromatic heterocycles. The average Bonchev–Trinajstić information content (AvgIpc) is 2.32. The van der Waals surface area contributed by atoms with Gasteiger partial charge in [0, 0.05) is 5.57 Å². The third-order valence-electron chi connectivity index (χ3n) is 1.82. The summed E-state index contributed by atoms with van der Waals surface area (Å²) in [5.41, 5.74) is 0.457. The molecule has 0 rings (SSSR count). The summed E-state index contributed by atoms with van der Waals surface area (Å²) in [5.74, 6) is -1.12. The first kappa shape index (κ1) is 15.2. The molecule has 0 radical (unpaired) electrons. The summed E-state index contributed by atoms with van der Waals surface area (Å²) in [5, 5.41) is 0. The van der Waals surface area contributed by atoms with E-state index in [1.165, 1.54) is 14.0 Å². The predicted molar refractivity (Wildman–Crippen MR) is 65.1 cm³/mol. The highest BCUT2D eigenvalue weighted by Crippen LogP contribution is 2.04. The van der Waals surface area contributed by atoms with Gasteiger partial charge in [-0.2, -0.15) is 0 Å². The summed E-state index contributed by atoms with van der Waals surface area (Å²) in [4.78, 5) is 22.5. The number of ether oxygens (including phenoxy) is 2. The van der Waals surface area contributed by atoms with E-state index in [0.29, 0.717) is 0 Å². The Bertz CT molecular complexity index is 350. The Labute approximate surface area is 102 Å². The van der Waals surface area contributed by atoms with Gasteiger partial charge in [-0.15, -0.1) is 0 Å². The molecule has 17 heavy (non-hydrogen) atoms. The number of rotatable bonds is 6. The van der Waals surface area contributed by atoms with Gasteiger partial charge in [0.1, 0.15) is 6.26 Å². The number of carbonyl (C=O) groups excluding carboxylic acids is 2. The van der Waals surface area contributed by atoms with Crippen molar-refractivity contribution < 1.29 is 19.1 Å². The van der Waals surface area contributed by atoms with Gasteiger partial charge in [-0.25, -0.2) is 9.59 Å². The third kappa shape index (κ3) is 6.35. The van der Waals surface area contributed by atoms with E-state index >= 15 is 0 Å². The fraction of sp³-hybridized carbons (Fsp3) is 0.385. The smallest absolute Gasteiger partial charge is 0.341 e. The molecule has 0 atom stereocenters. The predicted octanol–water partition coefficient (Wildman–Crippen LogP) is 2.52. The lowest BCUT2D eigenvalue weighted by Crippen LogP contribution is -2.06. The zero-order valence-corrected chi connectivity index (χ0v) is 10.5. The van der Waals surface area contributed by atoms with Crippen molar-refractivity contribution in [3.05, 3.63) is 36.1 Å². The molecule has 0 unspecified atom stereocenters. The van der Waals surface area contributed by atoms with Crippen LogP contribution in [-0.4, -0.2) is 19.0 Å². The van der Waals surface area contributed by atoms with Crippen molar-refractivity contribution in [3.8, 4) is 0 Å². The van der Waals surface area contributed by atoms with E-state index in [9.17, 15) is 9.59 Å². The summed E-state index contributed by atoms with van der Waals surface area (Å²) in [6.45, 7) is 6.98. The number of hydrogen-bond acceptors (Lipinski definition) is 4. The summed E-state index contributed by atoms with van der Waals surface area (Å²) in [6, 6.07) is 0. The summed E-state index contributed by atoms with van der Waals surface area (Å²) >= 11 is 0. The van der Waals surface area contributed by atoms with Crippen LogP contribution in [0.3, 0.4) is 0 Å². The Kier molecular flexibility index (Phi) is 7.43. The van der Waals surface area contributed by atoms with E-state index in [2.05, 4.69) is 11.3 Å². The zero-order chi connectivity index (χ0) is 13.3. The van der Waals surface area contributed by atoms with Crippen LogP contribution in [0, 0.1) is 0 Å². The molecule has 0 saturated heterocycles. The minimum Gasteiger partial charge on any atom is -0.465 e. The first-order valence-electron chi connectivity index (χ1n) is 5.34. The van der Waals surface area contributed by atoms with Crippen molar-refractivity contribution >= 4 is 11.9 Å². The molecule has 0 amide bonds. The molecule has 0 aromatic carbocycles. The van der Waals surface area contributed by atoms with Gasteiger partial charge < -0.3 is 9.47 Å². The number of carbonyl (C=O) groups is 2. The maximum Gasteiger partial charge on any atom is 0.341 e. The van der Waals surface area contributed by atoms with E-state index in [1.807, 2.05) is 13.0 Å². The van der Waals surface area contributed by atoms with Crippen LogP contribution in [-0.2, 0) is 19.1 Å². The van der Waals surface area contributed by atoms with Crippen LogP contribution in [0.1, 0.15) is 26.7 Å². The molecule has 0 N–H and O–H groups in total. The lowest BCUT2D eigenvalue weighted by molar-refractivity contribution is -0.136. The van der Waals surface area contributed by atoms with Crippen LogP contribution in [0.25, 0.3) is 0 Å². The molecule has 94 valence electrons. The molecule has 0 heterocycles. The minimum absolute atomic E-state index is 0.190. The molecule has 0 saturated carbocycles. The molecule has 0 spiro atoms. The van der Waals surface area contributed by atoms with Crippen molar-refractivity contribution in [1.29, 1.82) is 0 Å². The highest BCUT2D eigenvalue weighted by atomic mass is 16.5. The zero-order valence-electron chi connectivity index (χ0n) is 10.5. The Hall–Kier alpha value is -1.84. The van der Waals surface area contributed by atoms with Gasteiger partial charge in [0.2, 0.25) is 0 Å². The fourth-order valence-electron chi connectivity index (χ4n) is 0.868. The van der Waals surface area contributed by atoms with Crippen LogP contribution >= 0.6 is 0 Å². The van der Waals surface area contributed by atoms with E-state index < -0.39 is 11.9 Å². The second-order valence-corrected chi connectivity index (χ2v) is 3.44. The van der Waals surface area contributed by atoms with E-state index in [-0.39, 0.29) is 11.1 Å². The first-order valence-corrected chi connectivity index (χ1v) is 5.34. The molecule has 0 aliphatic heterocycles. The minimum atomic E-state index is -0.574. The van der Waals surface area contributed by atoms with Crippen LogP contribution in [0.15, 0.2) is 36.1 Å². The van der Waals surface area contributed by atoms with Gasteiger partial charge in [0.15, 0.2) is 0 Å². The number of methoxy groups -OCH3 is 1. The van der Waals surface area contributed by atoms with E-state index in [4.69, 9.17) is 4.74 Å². The van der Waals surface area contributed by atoms with Crippen molar-refractivity contribution in [3.63, 3.8) is 0 Å². The maximum absolute atomic E-state index is 11.3. The van der Waals surface area contributed by atoms with Crippen LogP contribution < -0.4 is 0 Å². The van der Waals surface area contributed by atoms with Crippen molar-refractivity contribution in [1.82, 2.24) is 0 Å². The second kappa shape index (κ2) is 8.33. The Morgan fingerprint density at radius 2 is 1.94 bits per heavy atom. The molecule has 0 fully saturated rings. The molecule has 4 nitrogen and oxygen atoms in total. The lowest BCUT2D eigenvalue weighted by Gasteiger charge is -2.01. The van der Waals surface area contributed by atoms with Gasteiger partial charge in [-0.05, 0) is 19.4 Å². The first-order chi connectivity index (χ1) is 8.02. The number of unbranched alkanes of at least 4 members (excludes halogenated alkanes) is 1. The lowest BCUT2D eigenvalue weighted by atomic mass is 10.2. The van der Waals surface area contributed by atoms with Crippen LogP contribution in [0.2, 0.25) is 0 Å². The fourth-order valence-corrected chi connectivity index (χ4v) is 0.868. The highest BCUT2D eigenvalue weighted by Gasteiger charge is 2.08. The molecular formula is C13H18O4. The van der Waals surface area contributed by atoms with Gasteiger partial charge in [0.25, 0.3) is 0 Å². The Morgan fingerprint density at radius 3 is 2.41 bits per heavy atom. The largest absolute Gasteiger partial charge is 0.465 e. The highest BCUT2D eigenvalue weighted by molar-refractivity contribution is 5.92. The standard InChI is InChI=1S/C13H18O4/c1-5-6-7-8-11(13(15)16-4)9-17-12(14)10(2)3/h7-9H,2,5-6H2,1,3-4H3. The monoisotopic (exact) mass is 238 g/mol. The topological polar surface area (TPSA) is 52.6 Å². The average molecular weight is 238 g/mol. The molecular weight excluding hydrogens is 220 g/mol. The number of hydrogen-bond donors (Lipinski definition) is 0. The quantitative estimate of drug-likeness (QED) is 0.309. The number of allylic oxidation sites excluding steroid dienone is 1. The van der Waals surface area contributed by atoms with Gasteiger partial charge in [-0.3, -0.25) is 0 Å². The number of esters is 2. The third-order valence-corrected chi connectivity index (χ3v) is 1.82. The van der Waals surface area contributed by atoms with E-state index in [1.54, 1.807) is 6.08 Å². The van der Waals surface area contributed by atoms with Crippen LogP contribution in [0.4, 0.5) is 0 Å². The second-order valence-electron chi connectivity index (χ2n) is 3.44. The molecule has 0 aromatic rings. The van der Waals surface area contributed by atoms with Gasteiger partial charge >= 0.3 is 11.9 Å². The molecule has 0 aliphatic rings.